The lowest BCUT2D eigenvalue weighted by molar-refractivity contribution is -0.113. The normalized spacial score (nSPS) is 13.7. The van der Waals surface area contributed by atoms with Crippen LogP contribution in [0.5, 0.6) is 0 Å². The minimum absolute atomic E-state index is 0.107. The highest BCUT2D eigenvalue weighted by Crippen LogP contribution is 2.36. The Kier molecular flexibility index (Phi) is 5.87. The smallest absolute Gasteiger partial charge is 0.277 e. The number of fused-ring (bicyclic) bond motifs is 1. The van der Waals surface area contributed by atoms with Crippen LogP contribution in [0.2, 0.25) is 5.02 Å². The fourth-order valence-electron chi connectivity index (χ4n) is 3.00. The highest BCUT2D eigenvalue weighted by atomic mass is 35.5. The van der Waals surface area contributed by atoms with E-state index in [1.54, 1.807) is 24.3 Å². The van der Waals surface area contributed by atoms with Crippen LogP contribution in [0.1, 0.15) is 16.0 Å². The van der Waals surface area contributed by atoms with Gasteiger partial charge in [0.15, 0.2) is 0 Å². The Morgan fingerprint density at radius 3 is 2.97 bits per heavy atom. The van der Waals surface area contributed by atoms with Crippen LogP contribution in [0.3, 0.4) is 0 Å². The summed E-state index contributed by atoms with van der Waals surface area (Å²) in [6.07, 6.45) is 0.825. The molecule has 3 aromatic rings. The van der Waals surface area contributed by atoms with Crippen molar-refractivity contribution in [2.75, 3.05) is 24.7 Å². The first-order valence-electron chi connectivity index (χ1n) is 8.78. The third-order valence-electron chi connectivity index (χ3n) is 4.44. The van der Waals surface area contributed by atoms with E-state index < -0.39 is 0 Å². The minimum atomic E-state index is -0.218. The van der Waals surface area contributed by atoms with E-state index in [0.29, 0.717) is 26.7 Å². The van der Waals surface area contributed by atoms with Crippen molar-refractivity contribution in [3.8, 4) is 17.5 Å². The van der Waals surface area contributed by atoms with Crippen molar-refractivity contribution in [3.05, 3.63) is 45.3 Å². The van der Waals surface area contributed by atoms with Crippen LogP contribution in [0, 0.1) is 11.3 Å². The van der Waals surface area contributed by atoms with Gasteiger partial charge in [0.25, 0.3) is 5.22 Å². The van der Waals surface area contributed by atoms with Crippen LogP contribution in [0.4, 0.5) is 5.00 Å². The van der Waals surface area contributed by atoms with E-state index in [1.807, 2.05) is 7.05 Å². The maximum absolute atomic E-state index is 12.4. The maximum Gasteiger partial charge on any atom is 0.277 e. The molecular weight excluding hydrogens is 430 g/mol. The summed E-state index contributed by atoms with van der Waals surface area (Å²) < 4.78 is 5.60. The van der Waals surface area contributed by atoms with Gasteiger partial charge in [-0.25, -0.2) is 0 Å². The maximum atomic E-state index is 12.4. The lowest BCUT2D eigenvalue weighted by Crippen LogP contribution is -2.25. The van der Waals surface area contributed by atoms with E-state index in [-0.39, 0.29) is 11.7 Å². The van der Waals surface area contributed by atoms with Crippen LogP contribution in [0.15, 0.2) is 33.9 Å². The molecule has 4 rings (SSSR count). The number of nitriles is 1. The van der Waals surface area contributed by atoms with Gasteiger partial charge in [-0.05, 0) is 43.3 Å². The number of halogens is 1. The molecule has 0 atom stereocenters. The molecule has 0 spiro atoms. The fourth-order valence-corrected chi connectivity index (χ4v) is 4.99. The molecule has 29 heavy (non-hydrogen) atoms. The van der Waals surface area contributed by atoms with Crippen LogP contribution < -0.4 is 5.32 Å². The number of nitrogens with one attached hydrogen (secondary N) is 1. The second kappa shape index (κ2) is 8.55. The van der Waals surface area contributed by atoms with Gasteiger partial charge in [0.1, 0.15) is 11.1 Å². The van der Waals surface area contributed by atoms with E-state index in [0.717, 1.165) is 47.3 Å². The molecule has 0 fully saturated rings. The molecule has 7 nitrogen and oxygen atoms in total. The average Bonchev–Trinajstić information content (AvgIpc) is 3.30. The summed E-state index contributed by atoms with van der Waals surface area (Å²) in [6.45, 7) is 1.71. The number of carbonyl (C=O) groups is 1. The summed E-state index contributed by atoms with van der Waals surface area (Å²) in [5.74, 6) is 0.256. The number of thioether (sulfide) groups is 1. The Morgan fingerprint density at radius 2 is 2.21 bits per heavy atom. The van der Waals surface area contributed by atoms with Gasteiger partial charge in [0.2, 0.25) is 11.8 Å². The Hall–Kier alpha value is -2.38. The largest absolute Gasteiger partial charge is 0.411 e. The van der Waals surface area contributed by atoms with Crippen molar-refractivity contribution in [3.63, 3.8) is 0 Å². The lowest BCUT2D eigenvalue weighted by atomic mass is 10.0. The van der Waals surface area contributed by atoms with E-state index in [9.17, 15) is 10.1 Å². The third-order valence-corrected chi connectivity index (χ3v) is 6.64. The molecule has 0 aliphatic carbocycles. The number of thiophene rings is 1. The van der Waals surface area contributed by atoms with Crippen molar-refractivity contribution in [1.82, 2.24) is 15.1 Å². The molecule has 2 aromatic heterocycles. The number of anilines is 1. The summed E-state index contributed by atoms with van der Waals surface area (Å²) in [5.41, 5.74) is 2.40. The summed E-state index contributed by atoms with van der Waals surface area (Å²) in [7, 11) is 2.05. The number of likely N-dealkylation sites (N-methyl/N-ethyl adjacent to an activating group) is 1. The van der Waals surface area contributed by atoms with Crippen molar-refractivity contribution in [1.29, 1.82) is 5.26 Å². The summed E-state index contributed by atoms with van der Waals surface area (Å²) >= 11 is 8.51. The molecule has 1 aliphatic rings. The Bertz CT molecular complexity index is 1090. The second-order valence-electron chi connectivity index (χ2n) is 6.52. The molecule has 0 bridgehead atoms. The van der Waals surface area contributed by atoms with Gasteiger partial charge in [-0.3, -0.25) is 4.79 Å². The Balaban J connectivity index is 1.39. The number of hydrogen-bond acceptors (Lipinski definition) is 8. The second-order valence-corrected chi connectivity index (χ2v) is 8.99. The first kappa shape index (κ1) is 19.9. The molecule has 1 aromatic carbocycles. The molecule has 1 N–H and O–H groups in total. The fraction of sp³-hybridized carbons (Fsp3) is 0.263. The predicted molar refractivity (Wildman–Crippen MR) is 113 cm³/mol. The highest BCUT2D eigenvalue weighted by Gasteiger charge is 2.24. The summed E-state index contributed by atoms with van der Waals surface area (Å²) in [5, 5.41) is 21.9. The topological polar surface area (TPSA) is 95.1 Å². The number of benzene rings is 1. The van der Waals surface area contributed by atoms with E-state index in [2.05, 4.69) is 26.5 Å². The molecule has 0 saturated carbocycles. The number of amides is 1. The van der Waals surface area contributed by atoms with Crippen molar-refractivity contribution >= 4 is 45.6 Å². The van der Waals surface area contributed by atoms with Gasteiger partial charge in [-0.2, -0.15) is 5.26 Å². The number of carbonyl (C=O) groups excluding carboxylic acids is 1. The predicted octanol–water partition coefficient (Wildman–Crippen LogP) is 4.04. The standard InChI is InChI=1S/C19H16ClN5O2S2/c1-25-7-6-13-14(8-21)18(29-15(13)9-25)22-16(26)10-28-19-24-23-17(27-19)11-2-4-12(20)5-3-11/h2-5H,6-7,9-10H2,1H3,(H,22,26). The molecule has 10 heteroatoms. The third kappa shape index (κ3) is 4.46. The summed E-state index contributed by atoms with van der Waals surface area (Å²) in [6, 6.07) is 9.30. The van der Waals surface area contributed by atoms with Crippen LogP contribution in [0.25, 0.3) is 11.5 Å². The van der Waals surface area contributed by atoms with E-state index >= 15 is 0 Å². The Morgan fingerprint density at radius 1 is 1.41 bits per heavy atom. The van der Waals surface area contributed by atoms with Gasteiger partial charge in [-0.15, -0.1) is 21.5 Å². The number of aromatic nitrogens is 2. The molecule has 148 valence electrons. The van der Waals surface area contributed by atoms with Gasteiger partial charge < -0.3 is 14.6 Å². The average molecular weight is 446 g/mol. The van der Waals surface area contributed by atoms with Crippen molar-refractivity contribution in [2.24, 2.45) is 0 Å². The SMILES string of the molecule is CN1CCc2c(sc(NC(=O)CSc3nnc(-c4ccc(Cl)cc4)o3)c2C#N)C1. The van der Waals surface area contributed by atoms with E-state index in [4.69, 9.17) is 16.0 Å². The molecular formula is C19H16ClN5O2S2. The zero-order chi connectivity index (χ0) is 20.4. The zero-order valence-corrected chi connectivity index (χ0v) is 17.8. The molecule has 0 unspecified atom stereocenters. The van der Waals surface area contributed by atoms with Crippen LogP contribution in [-0.4, -0.2) is 40.3 Å². The molecule has 1 amide bonds. The Labute approximate surface area is 180 Å². The molecule has 3 heterocycles. The number of rotatable bonds is 5. The van der Waals surface area contributed by atoms with Gasteiger partial charge in [0.05, 0.1) is 11.3 Å². The van der Waals surface area contributed by atoms with Gasteiger partial charge >= 0.3 is 0 Å². The van der Waals surface area contributed by atoms with Crippen molar-refractivity contribution in [2.45, 2.75) is 18.2 Å². The molecule has 1 aliphatic heterocycles. The van der Waals surface area contributed by atoms with Crippen LogP contribution in [-0.2, 0) is 17.8 Å². The monoisotopic (exact) mass is 445 g/mol. The zero-order valence-electron chi connectivity index (χ0n) is 15.4. The first-order chi connectivity index (χ1) is 14.0. The quantitative estimate of drug-likeness (QED) is 0.592. The van der Waals surface area contributed by atoms with Gasteiger partial charge in [0, 0.05) is 28.6 Å². The molecule has 0 radical (unpaired) electrons. The summed E-state index contributed by atoms with van der Waals surface area (Å²) in [4.78, 5) is 15.7. The first-order valence-corrected chi connectivity index (χ1v) is 11.0. The number of nitrogens with zero attached hydrogens (tertiary/aromatic N) is 4. The number of hydrogen-bond donors (Lipinski definition) is 1. The minimum Gasteiger partial charge on any atom is -0.411 e. The lowest BCUT2D eigenvalue weighted by Gasteiger charge is -2.21. The van der Waals surface area contributed by atoms with E-state index in [1.165, 1.54) is 11.3 Å². The highest BCUT2D eigenvalue weighted by molar-refractivity contribution is 7.99. The van der Waals surface area contributed by atoms with Gasteiger partial charge in [-0.1, -0.05) is 23.4 Å². The van der Waals surface area contributed by atoms with Crippen LogP contribution >= 0.6 is 34.7 Å². The molecule has 0 saturated heterocycles. The van der Waals surface area contributed by atoms with Crippen molar-refractivity contribution < 1.29 is 9.21 Å².